The van der Waals surface area contributed by atoms with Crippen LogP contribution in [0.15, 0.2) is 61.2 Å². The Morgan fingerprint density at radius 1 is 0.941 bits per heavy atom. The molecule has 3 heterocycles. The van der Waals surface area contributed by atoms with Gasteiger partial charge in [0.15, 0.2) is 0 Å². The van der Waals surface area contributed by atoms with Crippen molar-refractivity contribution >= 4 is 5.91 Å². The highest BCUT2D eigenvalue weighted by Gasteiger charge is 2.34. The number of benzene rings is 2. The first-order valence-corrected chi connectivity index (χ1v) is 11.3. The molecule has 174 valence electrons. The number of carbonyl (C=O) groups is 1. The first-order chi connectivity index (χ1) is 16.5. The van der Waals surface area contributed by atoms with Gasteiger partial charge in [0.25, 0.3) is 5.91 Å². The molecule has 0 radical (unpaired) electrons. The highest BCUT2D eigenvalue weighted by atomic mass is 16.5. The fourth-order valence-electron chi connectivity index (χ4n) is 4.46. The van der Waals surface area contributed by atoms with Gasteiger partial charge in [-0.1, -0.05) is 12.1 Å². The summed E-state index contributed by atoms with van der Waals surface area (Å²) in [6, 6.07) is 11.8. The predicted molar refractivity (Wildman–Crippen MR) is 126 cm³/mol. The number of ether oxygens (including phenoxy) is 1. The predicted octanol–water partition coefficient (Wildman–Crippen LogP) is 2.94. The first kappa shape index (κ1) is 22.0. The van der Waals surface area contributed by atoms with Crippen molar-refractivity contribution in [1.82, 2.24) is 34.9 Å². The molecule has 2 aromatic carbocycles. The summed E-state index contributed by atoms with van der Waals surface area (Å²) in [4.78, 5) is 19.1. The number of hydrogen-bond acceptors (Lipinski definition) is 6. The lowest BCUT2D eigenvalue weighted by molar-refractivity contribution is -0.0301. The van der Waals surface area contributed by atoms with Gasteiger partial charge in [0, 0.05) is 0 Å². The minimum absolute atomic E-state index is 0.0407. The van der Waals surface area contributed by atoms with Crippen molar-refractivity contribution in [3.05, 3.63) is 83.4 Å². The van der Waals surface area contributed by atoms with Crippen molar-refractivity contribution in [2.24, 2.45) is 0 Å². The number of aromatic nitrogens is 6. The molecule has 9 heteroatoms. The molecule has 1 aliphatic heterocycles. The van der Waals surface area contributed by atoms with Crippen molar-refractivity contribution < 1.29 is 9.53 Å². The SMILES string of the molecule is Cc1cc(C(=O)N2[C@H](Cc3cccc(-n4nccn4)c3)COC[C@@H]2C)c(-n2nccn2)cc1C. The quantitative estimate of drug-likeness (QED) is 0.458. The second-order valence-electron chi connectivity index (χ2n) is 8.72. The lowest BCUT2D eigenvalue weighted by atomic mass is 9.98. The highest BCUT2D eigenvalue weighted by molar-refractivity contribution is 5.98. The van der Waals surface area contributed by atoms with Crippen LogP contribution in [0.3, 0.4) is 0 Å². The molecule has 2 aromatic heterocycles. The van der Waals surface area contributed by atoms with Gasteiger partial charge >= 0.3 is 0 Å². The maximum absolute atomic E-state index is 14.0. The molecule has 0 aliphatic carbocycles. The molecule has 4 aromatic rings. The average Bonchev–Trinajstić information content (AvgIpc) is 3.55. The number of amides is 1. The standard InChI is InChI=1S/C25H27N7O2/c1-17-11-23(24(12-18(17)2)32-28-9-10-29-32)25(33)30-19(3)15-34-16-22(30)14-20-5-4-6-21(13-20)31-26-7-8-27-31/h4-13,19,22H,14-16H2,1-3H3/t19-,22+/m0/s1. The largest absolute Gasteiger partial charge is 0.377 e. The lowest BCUT2D eigenvalue weighted by Gasteiger charge is -2.41. The van der Waals surface area contributed by atoms with Gasteiger partial charge in [0.2, 0.25) is 0 Å². The number of carbonyl (C=O) groups excluding carboxylic acids is 1. The Kier molecular flexibility index (Phi) is 5.93. The van der Waals surface area contributed by atoms with Gasteiger partial charge in [-0.2, -0.15) is 30.0 Å². The molecule has 0 unspecified atom stereocenters. The third kappa shape index (κ3) is 4.22. The number of nitrogens with zero attached hydrogens (tertiary/aromatic N) is 7. The van der Waals surface area contributed by atoms with Crippen LogP contribution in [0.5, 0.6) is 0 Å². The zero-order chi connectivity index (χ0) is 23.7. The third-order valence-electron chi connectivity index (χ3n) is 6.28. The Morgan fingerprint density at radius 2 is 1.62 bits per heavy atom. The molecule has 9 nitrogen and oxygen atoms in total. The summed E-state index contributed by atoms with van der Waals surface area (Å²) in [7, 11) is 0. The monoisotopic (exact) mass is 457 g/mol. The van der Waals surface area contributed by atoms with Crippen LogP contribution in [-0.4, -0.2) is 66.1 Å². The van der Waals surface area contributed by atoms with Crippen LogP contribution in [-0.2, 0) is 11.2 Å². The van der Waals surface area contributed by atoms with Crippen molar-refractivity contribution in [3.8, 4) is 11.4 Å². The van der Waals surface area contributed by atoms with Crippen LogP contribution in [0.25, 0.3) is 11.4 Å². The summed E-state index contributed by atoms with van der Waals surface area (Å²) >= 11 is 0. The molecule has 0 bridgehead atoms. The molecule has 1 saturated heterocycles. The number of hydrogen-bond donors (Lipinski definition) is 0. The van der Waals surface area contributed by atoms with Gasteiger partial charge in [-0.05, 0) is 68.1 Å². The van der Waals surface area contributed by atoms with E-state index in [9.17, 15) is 4.79 Å². The molecule has 1 aliphatic rings. The van der Waals surface area contributed by atoms with Crippen LogP contribution in [0, 0.1) is 13.8 Å². The Bertz CT molecular complexity index is 1280. The Labute approximate surface area is 198 Å². The third-order valence-corrected chi connectivity index (χ3v) is 6.28. The second kappa shape index (κ2) is 9.18. The maximum atomic E-state index is 14.0. The topological polar surface area (TPSA) is 91.0 Å². The van der Waals surface area contributed by atoms with Crippen LogP contribution in [0.2, 0.25) is 0 Å². The summed E-state index contributed by atoms with van der Waals surface area (Å²) in [5.41, 5.74) is 5.38. The van der Waals surface area contributed by atoms with E-state index in [0.717, 1.165) is 22.4 Å². The highest BCUT2D eigenvalue weighted by Crippen LogP contribution is 2.26. The minimum atomic E-state index is -0.114. The zero-order valence-electron chi connectivity index (χ0n) is 19.5. The van der Waals surface area contributed by atoms with E-state index in [1.165, 1.54) is 4.80 Å². The summed E-state index contributed by atoms with van der Waals surface area (Å²) < 4.78 is 5.88. The van der Waals surface area contributed by atoms with E-state index in [2.05, 4.69) is 32.5 Å². The van der Waals surface area contributed by atoms with Crippen LogP contribution in [0.4, 0.5) is 0 Å². The van der Waals surface area contributed by atoms with Crippen LogP contribution < -0.4 is 0 Å². The first-order valence-electron chi connectivity index (χ1n) is 11.3. The second-order valence-corrected chi connectivity index (χ2v) is 8.72. The summed E-state index contributed by atoms with van der Waals surface area (Å²) in [6.45, 7) is 7.04. The lowest BCUT2D eigenvalue weighted by Crippen LogP contribution is -2.54. The van der Waals surface area contributed by atoms with E-state index in [1.807, 2.05) is 49.9 Å². The molecule has 0 spiro atoms. The number of rotatable bonds is 5. The molecule has 0 N–H and O–H groups in total. The average molecular weight is 458 g/mol. The molecule has 34 heavy (non-hydrogen) atoms. The van der Waals surface area contributed by atoms with Gasteiger partial charge in [-0.15, -0.1) is 0 Å². The van der Waals surface area contributed by atoms with E-state index in [0.29, 0.717) is 30.9 Å². The van der Waals surface area contributed by atoms with E-state index in [-0.39, 0.29) is 18.0 Å². The van der Waals surface area contributed by atoms with E-state index in [1.54, 1.807) is 29.6 Å². The summed E-state index contributed by atoms with van der Waals surface area (Å²) in [6.07, 6.45) is 7.19. The summed E-state index contributed by atoms with van der Waals surface area (Å²) in [5, 5.41) is 17.0. The molecule has 2 atom stereocenters. The van der Waals surface area contributed by atoms with E-state index in [4.69, 9.17) is 4.74 Å². The smallest absolute Gasteiger partial charge is 0.256 e. The molecular weight excluding hydrogens is 430 g/mol. The Balaban J connectivity index is 1.48. The minimum Gasteiger partial charge on any atom is -0.377 e. The van der Waals surface area contributed by atoms with Crippen molar-refractivity contribution in [3.63, 3.8) is 0 Å². The van der Waals surface area contributed by atoms with Gasteiger partial charge < -0.3 is 9.64 Å². The van der Waals surface area contributed by atoms with E-state index >= 15 is 0 Å². The van der Waals surface area contributed by atoms with Gasteiger partial charge in [0.1, 0.15) is 0 Å². The summed E-state index contributed by atoms with van der Waals surface area (Å²) in [5.74, 6) is -0.0407. The fraction of sp³-hybridized carbons (Fsp3) is 0.320. The Morgan fingerprint density at radius 3 is 2.35 bits per heavy atom. The normalized spacial score (nSPS) is 18.3. The van der Waals surface area contributed by atoms with Gasteiger partial charge in [-0.3, -0.25) is 4.79 Å². The van der Waals surface area contributed by atoms with Crippen LogP contribution in [0.1, 0.15) is 34.0 Å². The fourth-order valence-corrected chi connectivity index (χ4v) is 4.46. The van der Waals surface area contributed by atoms with Crippen LogP contribution >= 0.6 is 0 Å². The maximum Gasteiger partial charge on any atom is 0.256 e. The molecule has 1 amide bonds. The zero-order valence-corrected chi connectivity index (χ0v) is 19.5. The number of morpholine rings is 1. The number of aryl methyl sites for hydroxylation is 2. The molecule has 5 rings (SSSR count). The van der Waals surface area contributed by atoms with Crippen molar-refractivity contribution in [2.45, 2.75) is 39.3 Å². The Hall–Kier alpha value is -3.85. The van der Waals surface area contributed by atoms with Crippen molar-refractivity contribution in [1.29, 1.82) is 0 Å². The molecular formula is C25H27N7O2. The van der Waals surface area contributed by atoms with Gasteiger partial charge in [0.05, 0.1) is 67.0 Å². The molecule has 1 fully saturated rings. The van der Waals surface area contributed by atoms with Gasteiger partial charge in [-0.25, -0.2) is 0 Å². The molecule has 0 saturated carbocycles. The van der Waals surface area contributed by atoms with E-state index < -0.39 is 0 Å². The van der Waals surface area contributed by atoms with Crippen molar-refractivity contribution in [2.75, 3.05) is 13.2 Å².